The first kappa shape index (κ1) is 21.7. The second kappa shape index (κ2) is 9.04. The molecule has 0 aliphatic heterocycles. The van der Waals surface area contributed by atoms with Crippen LogP contribution in [0.25, 0.3) is 11.4 Å². The van der Waals surface area contributed by atoms with E-state index in [4.69, 9.17) is 23.2 Å². The molecule has 164 valence electrons. The molecule has 3 aromatic rings. The van der Waals surface area contributed by atoms with Gasteiger partial charge < -0.3 is 5.11 Å². The lowest BCUT2D eigenvalue weighted by atomic mass is 9.99. The topological polar surface area (TPSA) is 70.9 Å². The number of hydrogen-bond acceptors (Lipinski definition) is 6. The first-order chi connectivity index (χ1) is 15.5. The van der Waals surface area contributed by atoms with E-state index in [2.05, 4.69) is 32.7 Å². The zero-order valence-corrected chi connectivity index (χ0v) is 19.7. The maximum Gasteiger partial charge on any atom is 0.181 e. The number of benzene rings is 1. The average molecular weight is 485 g/mol. The number of allylic oxidation sites excluding steroid dienone is 4. The molecular formula is C24H22Cl2N4OS. The SMILES string of the molecule is CC(NC(O)c1sc(Cl)cc1CC1=CC2CC2C(Cl)=C1)c1ccc(-c2nccnn2)cc1. The van der Waals surface area contributed by atoms with Gasteiger partial charge in [-0.25, -0.2) is 4.98 Å². The lowest BCUT2D eigenvalue weighted by Crippen LogP contribution is -2.24. The van der Waals surface area contributed by atoms with Gasteiger partial charge in [0.2, 0.25) is 0 Å². The zero-order valence-electron chi connectivity index (χ0n) is 17.4. The van der Waals surface area contributed by atoms with Gasteiger partial charge in [-0.1, -0.05) is 53.5 Å². The molecule has 2 N–H and O–H groups in total. The summed E-state index contributed by atoms with van der Waals surface area (Å²) >= 11 is 14.1. The Hall–Kier alpha value is -2.09. The van der Waals surface area contributed by atoms with E-state index >= 15 is 0 Å². The van der Waals surface area contributed by atoms with Gasteiger partial charge in [-0.3, -0.25) is 5.32 Å². The number of fused-ring (bicyclic) bond motifs is 1. The molecule has 4 unspecified atom stereocenters. The molecule has 0 bridgehead atoms. The minimum atomic E-state index is -0.823. The summed E-state index contributed by atoms with van der Waals surface area (Å²) < 4.78 is 0.667. The van der Waals surface area contributed by atoms with E-state index in [1.165, 1.54) is 16.9 Å². The summed E-state index contributed by atoms with van der Waals surface area (Å²) in [7, 11) is 0. The zero-order chi connectivity index (χ0) is 22.2. The van der Waals surface area contributed by atoms with Gasteiger partial charge in [0.1, 0.15) is 6.23 Å². The van der Waals surface area contributed by atoms with Crippen LogP contribution in [0.15, 0.2) is 65.5 Å². The van der Waals surface area contributed by atoms with Crippen LogP contribution in [-0.2, 0) is 6.42 Å². The van der Waals surface area contributed by atoms with Crippen LogP contribution >= 0.6 is 34.5 Å². The van der Waals surface area contributed by atoms with Crippen LogP contribution in [0.3, 0.4) is 0 Å². The molecule has 1 aromatic carbocycles. The van der Waals surface area contributed by atoms with Crippen LogP contribution in [0.2, 0.25) is 4.34 Å². The number of aliphatic hydroxyl groups excluding tert-OH is 1. The van der Waals surface area contributed by atoms with Gasteiger partial charge in [-0.05, 0) is 54.5 Å². The molecule has 2 aromatic heterocycles. The highest BCUT2D eigenvalue weighted by molar-refractivity contribution is 7.16. The predicted molar refractivity (Wildman–Crippen MR) is 128 cm³/mol. The predicted octanol–water partition coefficient (Wildman–Crippen LogP) is 5.84. The number of nitrogens with zero attached hydrogens (tertiary/aromatic N) is 3. The van der Waals surface area contributed by atoms with Crippen molar-refractivity contribution in [1.82, 2.24) is 20.5 Å². The summed E-state index contributed by atoms with van der Waals surface area (Å²) in [5, 5.41) is 23.1. The molecule has 2 aliphatic carbocycles. The van der Waals surface area contributed by atoms with Gasteiger partial charge in [-0.15, -0.1) is 16.4 Å². The van der Waals surface area contributed by atoms with Crippen molar-refractivity contribution in [2.45, 2.75) is 32.0 Å². The molecule has 0 spiro atoms. The minimum absolute atomic E-state index is 0.0712. The van der Waals surface area contributed by atoms with Crippen molar-refractivity contribution in [2.24, 2.45) is 11.8 Å². The first-order valence-electron chi connectivity index (χ1n) is 10.5. The van der Waals surface area contributed by atoms with Crippen LogP contribution < -0.4 is 5.32 Å². The second-order valence-corrected chi connectivity index (χ2v) is 10.4. The van der Waals surface area contributed by atoms with E-state index in [1.807, 2.05) is 37.3 Å². The summed E-state index contributed by atoms with van der Waals surface area (Å²) in [4.78, 5) is 5.06. The highest BCUT2D eigenvalue weighted by atomic mass is 35.5. The normalized spacial score (nSPS) is 21.4. The number of aliphatic hydroxyl groups is 1. The van der Waals surface area contributed by atoms with Crippen molar-refractivity contribution in [3.63, 3.8) is 0 Å². The summed E-state index contributed by atoms with van der Waals surface area (Å²) in [6.07, 6.45) is 8.58. The quantitative estimate of drug-likeness (QED) is 0.412. The number of thiophene rings is 1. The smallest absolute Gasteiger partial charge is 0.181 e. The Balaban J connectivity index is 1.28. The molecule has 0 amide bonds. The number of hydrogen-bond donors (Lipinski definition) is 2. The third-order valence-electron chi connectivity index (χ3n) is 5.96. The Kier molecular flexibility index (Phi) is 6.14. The molecule has 2 heterocycles. The summed E-state index contributed by atoms with van der Waals surface area (Å²) in [6.45, 7) is 2.02. The number of aromatic nitrogens is 3. The molecule has 5 nitrogen and oxygen atoms in total. The molecule has 5 rings (SSSR count). The molecule has 1 fully saturated rings. The van der Waals surface area contributed by atoms with Crippen molar-refractivity contribution in [1.29, 1.82) is 0 Å². The molecule has 8 heteroatoms. The van der Waals surface area contributed by atoms with Gasteiger partial charge in [0.05, 0.1) is 15.4 Å². The Morgan fingerprint density at radius 1 is 1.22 bits per heavy atom. The summed E-state index contributed by atoms with van der Waals surface area (Å²) in [6, 6.07) is 9.80. The van der Waals surface area contributed by atoms with Crippen LogP contribution in [0, 0.1) is 11.8 Å². The molecule has 2 aliphatic rings. The second-order valence-electron chi connectivity index (χ2n) is 8.27. The number of halogens is 2. The molecule has 0 radical (unpaired) electrons. The third kappa shape index (κ3) is 4.65. The Bertz CT molecular complexity index is 1180. The average Bonchev–Trinajstić information content (AvgIpc) is 3.49. The van der Waals surface area contributed by atoms with Crippen LogP contribution in [-0.4, -0.2) is 20.3 Å². The minimum Gasteiger partial charge on any atom is -0.373 e. The van der Waals surface area contributed by atoms with Crippen molar-refractivity contribution in [3.8, 4) is 11.4 Å². The molecule has 0 saturated heterocycles. The Morgan fingerprint density at radius 2 is 2.03 bits per heavy atom. The largest absolute Gasteiger partial charge is 0.373 e. The van der Waals surface area contributed by atoms with E-state index in [0.717, 1.165) is 33.0 Å². The molecule has 1 saturated carbocycles. The van der Waals surface area contributed by atoms with Crippen molar-refractivity contribution in [3.05, 3.63) is 85.8 Å². The van der Waals surface area contributed by atoms with Crippen molar-refractivity contribution < 1.29 is 5.11 Å². The van der Waals surface area contributed by atoms with Gasteiger partial charge in [0.15, 0.2) is 5.82 Å². The molecule has 4 atom stereocenters. The van der Waals surface area contributed by atoms with Gasteiger partial charge in [-0.2, -0.15) is 5.10 Å². The fraction of sp³-hybridized carbons (Fsp3) is 0.292. The van der Waals surface area contributed by atoms with E-state index in [0.29, 0.717) is 28.4 Å². The third-order valence-corrected chi connectivity index (χ3v) is 7.71. The van der Waals surface area contributed by atoms with Gasteiger partial charge >= 0.3 is 0 Å². The van der Waals surface area contributed by atoms with E-state index in [9.17, 15) is 5.11 Å². The number of nitrogens with one attached hydrogen (secondary N) is 1. The van der Waals surface area contributed by atoms with Gasteiger partial charge in [0, 0.05) is 28.8 Å². The maximum atomic E-state index is 11.0. The summed E-state index contributed by atoms with van der Waals surface area (Å²) in [5.74, 6) is 1.68. The maximum absolute atomic E-state index is 11.0. The molecular weight excluding hydrogens is 463 g/mol. The van der Waals surface area contributed by atoms with E-state index < -0.39 is 6.23 Å². The van der Waals surface area contributed by atoms with Crippen LogP contribution in [0.4, 0.5) is 0 Å². The summed E-state index contributed by atoms with van der Waals surface area (Å²) in [5.41, 5.74) is 4.16. The lowest BCUT2D eigenvalue weighted by molar-refractivity contribution is 0.129. The van der Waals surface area contributed by atoms with Crippen LogP contribution in [0.5, 0.6) is 0 Å². The Labute approximate surface area is 200 Å². The van der Waals surface area contributed by atoms with Crippen LogP contribution in [0.1, 0.15) is 41.6 Å². The molecule has 32 heavy (non-hydrogen) atoms. The standard InChI is InChI=1S/C24H22Cl2N4OS/c1-13(15-2-4-16(5-3-15)23-27-6-7-28-30-23)29-24(31)22-18(12-21(26)32-22)9-14-8-17-11-19(17)20(25)10-14/h2-8,10,12-13,17,19,24,29,31H,9,11H2,1H3. The Morgan fingerprint density at radius 3 is 2.75 bits per heavy atom. The van der Waals surface area contributed by atoms with E-state index in [1.54, 1.807) is 12.4 Å². The van der Waals surface area contributed by atoms with Gasteiger partial charge in [0.25, 0.3) is 0 Å². The van der Waals surface area contributed by atoms with E-state index in [-0.39, 0.29) is 6.04 Å². The highest BCUT2D eigenvalue weighted by Crippen LogP contribution is 2.50. The highest BCUT2D eigenvalue weighted by Gasteiger charge is 2.40. The lowest BCUT2D eigenvalue weighted by Gasteiger charge is -2.20. The fourth-order valence-electron chi connectivity index (χ4n) is 4.14. The number of rotatable bonds is 7. The fourth-order valence-corrected chi connectivity index (χ4v) is 5.77. The first-order valence-corrected chi connectivity index (χ1v) is 12.1. The monoisotopic (exact) mass is 484 g/mol. The van der Waals surface area contributed by atoms with Crippen molar-refractivity contribution in [2.75, 3.05) is 0 Å². The van der Waals surface area contributed by atoms with Crippen molar-refractivity contribution >= 4 is 34.5 Å².